The van der Waals surface area contributed by atoms with E-state index in [1.165, 1.54) is 4.57 Å². The largest absolute Gasteiger partial charge is 0.323 e. The first-order valence-electron chi connectivity index (χ1n) is 8.27. The van der Waals surface area contributed by atoms with Gasteiger partial charge in [-0.3, -0.25) is 9.59 Å². The summed E-state index contributed by atoms with van der Waals surface area (Å²) in [6.07, 6.45) is 7.27. The highest BCUT2D eigenvalue weighted by atomic mass is 35.5. The smallest absolute Gasteiger partial charge is 0.277 e. The van der Waals surface area contributed by atoms with Gasteiger partial charge >= 0.3 is 0 Å². The fraction of sp³-hybridized carbons (Fsp3) is 0.278. The molecule has 1 aliphatic rings. The van der Waals surface area contributed by atoms with Gasteiger partial charge in [0.1, 0.15) is 12.1 Å². The van der Waals surface area contributed by atoms with Gasteiger partial charge in [-0.05, 0) is 37.8 Å². The third-order valence-electron chi connectivity index (χ3n) is 4.50. The number of hydrogen-bond acceptors (Lipinski definition) is 3. The highest BCUT2D eigenvalue weighted by Gasteiger charge is 2.20. The molecule has 1 N–H and O–H groups in total. The molecule has 0 saturated heterocycles. The normalized spacial score (nSPS) is 13.6. The van der Waals surface area contributed by atoms with Crippen LogP contribution >= 0.6 is 11.6 Å². The molecule has 4 rings (SSSR count). The number of carbonyl (C=O) groups excluding carboxylic acids is 1. The number of fused-ring (bicyclic) bond motifs is 3. The van der Waals surface area contributed by atoms with Gasteiger partial charge in [0.15, 0.2) is 0 Å². The molecular formula is C18H17ClN4O2. The second kappa shape index (κ2) is 6.37. The van der Waals surface area contributed by atoms with Gasteiger partial charge in [0.25, 0.3) is 5.56 Å². The summed E-state index contributed by atoms with van der Waals surface area (Å²) in [4.78, 5) is 25.1. The van der Waals surface area contributed by atoms with Crippen molar-refractivity contribution in [3.8, 4) is 0 Å². The number of anilines is 1. The first kappa shape index (κ1) is 15.9. The third-order valence-corrected chi connectivity index (χ3v) is 4.82. The van der Waals surface area contributed by atoms with Crippen molar-refractivity contribution in [2.75, 3.05) is 5.32 Å². The minimum atomic E-state index is -0.298. The fourth-order valence-electron chi connectivity index (χ4n) is 3.29. The highest BCUT2D eigenvalue weighted by Crippen LogP contribution is 2.23. The van der Waals surface area contributed by atoms with Crippen LogP contribution in [-0.4, -0.2) is 20.1 Å². The molecule has 0 unspecified atom stereocenters. The number of amides is 1. The summed E-state index contributed by atoms with van der Waals surface area (Å²) in [5.74, 6) is -0.298. The van der Waals surface area contributed by atoms with Crippen molar-refractivity contribution in [3.05, 3.63) is 63.3 Å². The molecule has 0 spiro atoms. The molecule has 0 radical (unpaired) electrons. The lowest BCUT2D eigenvalue weighted by Crippen LogP contribution is -2.28. The summed E-state index contributed by atoms with van der Waals surface area (Å²) >= 11 is 6.05. The Morgan fingerprint density at radius 3 is 2.84 bits per heavy atom. The number of nitrogens with zero attached hydrogens (tertiary/aromatic N) is 3. The average molecular weight is 357 g/mol. The Morgan fingerprint density at radius 1 is 1.20 bits per heavy atom. The van der Waals surface area contributed by atoms with Gasteiger partial charge in [-0.25, -0.2) is 4.52 Å². The monoisotopic (exact) mass is 356 g/mol. The summed E-state index contributed by atoms with van der Waals surface area (Å²) in [6.45, 7) is -0.0689. The molecule has 1 amide bonds. The molecule has 2 heterocycles. The Labute approximate surface area is 149 Å². The molecular weight excluding hydrogens is 340 g/mol. The average Bonchev–Trinajstić information content (AvgIpc) is 2.99. The van der Waals surface area contributed by atoms with Crippen LogP contribution in [0.25, 0.3) is 5.52 Å². The standard InChI is InChI=1S/C18H17ClN4O2/c19-13-6-2-4-8-15(13)20-16(24)11-22-9-10-23-17(18(22)25)12-5-1-3-7-14(12)21-23/h2,4,6,8-10H,1,3,5,7,11H2,(H,20,24). The lowest BCUT2D eigenvalue weighted by Gasteiger charge is -2.10. The van der Waals surface area contributed by atoms with Crippen LogP contribution in [0.15, 0.2) is 41.5 Å². The van der Waals surface area contributed by atoms with Crippen LogP contribution in [0.1, 0.15) is 24.1 Å². The van der Waals surface area contributed by atoms with E-state index in [-0.39, 0.29) is 18.0 Å². The van der Waals surface area contributed by atoms with E-state index < -0.39 is 0 Å². The van der Waals surface area contributed by atoms with Crippen molar-refractivity contribution < 1.29 is 4.79 Å². The number of nitrogens with one attached hydrogen (secondary N) is 1. The second-order valence-electron chi connectivity index (χ2n) is 6.18. The minimum Gasteiger partial charge on any atom is -0.323 e. The SMILES string of the molecule is O=C(Cn1ccn2nc3c(c2c1=O)CCCC3)Nc1ccccc1Cl. The van der Waals surface area contributed by atoms with Gasteiger partial charge in [0.2, 0.25) is 5.91 Å². The maximum absolute atomic E-state index is 12.8. The highest BCUT2D eigenvalue weighted by molar-refractivity contribution is 6.33. The van der Waals surface area contributed by atoms with Crippen LogP contribution in [-0.2, 0) is 24.2 Å². The number of para-hydroxylation sites is 1. The van der Waals surface area contributed by atoms with Gasteiger partial charge in [-0.2, -0.15) is 5.10 Å². The Hall–Kier alpha value is -2.60. The molecule has 7 heteroatoms. The molecule has 0 fully saturated rings. The number of benzene rings is 1. The van der Waals surface area contributed by atoms with E-state index in [2.05, 4.69) is 10.4 Å². The topological polar surface area (TPSA) is 68.4 Å². The minimum absolute atomic E-state index is 0.0689. The summed E-state index contributed by atoms with van der Waals surface area (Å²) in [7, 11) is 0. The maximum Gasteiger partial charge on any atom is 0.277 e. The second-order valence-corrected chi connectivity index (χ2v) is 6.59. The van der Waals surface area contributed by atoms with Crippen molar-refractivity contribution >= 4 is 28.7 Å². The summed E-state index contributed by atoms with van der Waals surface area (Å²) in [6, 6.07) is 7.00. The Morgan fingerprint density at radius 2 is 2.00 bits per heavy atom. The zero-order valence-corrected chi connectivity index (χ0v) is 14.3. The van der Waals surface area contributed by atoms with Gasteiger partial charge in [0, 0.05) is 18.0 Å². The Bertz CT molecular complexity index is 1020. The molecule has 2 aromatic heterocycles. The Balaban J connectivity index is 1.63. The van der Waals surface area contributed by atoms with Gasteiger partial charge in [-0.1, -0.05) is 23.7 Å². The Kier molecular flexibility index (Phi) is 4.05. The van der Waals surface area contributed by atoms with Crippen LogP contribution in [0.4, 0.5) is 5.69 Å². The van der Waals surface area contributed by atoms with Gasteiger partial charge < -0.3 is 9.88 Å². The molecule has 0 saturated carbocycles. The molecule has 1 aliphatic carbocycles. The number of rotatable bonds is 3. The molecule has 0 atom stereocenters. The van der Waals surface area contributed by atoms with Gasteiger partial charge in [-0.15, -0.1) is 0 Å². The first-order chi connectivity index (χ1) is 12.1. The summed E-state index contributed by atoms with van der Waals surface area (Å²) < 4.78 is 3.05. The molecule has 3 aromatic rings. The molecule has 25 heavy (non-hydrogen) atoms. The molecule has 0 aliphatic heterocycles. The van der Waals surface area contributed by atoms with Crippen molar-refractivity contribution in [3.63, 3.8) is 0 Å². The van der Waals surface area contributed by atoms with Crippen molar-refractivity contribution in [1.82, 2.24) is 14.2 Å². The predicted molar refractivity (Wildman–Crippen MR) is 96.2 cm³/mol. The molecule has 1 aromatic carbocycles. The molecule has 0 bridgehead atoms. The lowest BCUT2D eigenvalue weighted by atomic mass is 9.97. The molecule has 128 valence electrons. The van der Waals surface area contributed by atoms with E-state index >= 15 is 0 Å². The number of halogens is 1. The van der Waals surface area contributed by atoms with Crippen LogP contribution in [0.2, 0.25) is 5.02 Å². The zero-order valence-electron chi connectivity index (χ0n) is 13.5. The van der Waals surface area contributed by atoms with Crippen molar-refractivity contribution in [2.24, 2.45) is 0 Å². The lowest BCUT2D eigenvalue weighted by molar-refractivity contribution is -0.116. The number of aryl methyl sites for hydroxylation is 2. The van der Waals surface area contributed by atoms with Crippen LogP contribution in [0, 0.1) is 0 Å². The van der Waals surface area contributed by atoms with Crippen LogP contribution in [0.5, 0.6) is 0 Å². The third kappa shape index (κ3) is 2.93. The van der Waals surface area contributed by atoms with E-state index in [0.29, 0.717) is 16.2 Å². The predicted octanol–water partition coefficient (Wildman–Crippen LogP) is 2.67. The van der Waals surface area contributed by atoms with Crippen LogP contribution < -0.4 is 10.9 Å². The maximum atomic E-state index is 12.8. The number of aromatic nitrogens is 3. The van der Waals surface area contributed by atoms with Gasteiger partial charge in [0.05, 0.1) is 16.4 Å². The zero-order chi connectivity index (χ0) is 17.4. The first-order valence-corrected chi connectivity index (χ1v) is 8.65. The van der Waals surface area contributed by atoms with E-state index in [1.54, 1.807) is 41.2 Å². The van der Waals surface area contributed by atoms with E-state index in [0.717, 1.165) is 36.9 Å². The number of hydrogen-bond donors (Lipinski definition) is 1. The van der Waals surface area contributed by atoms with E-state index in [9.17, 15) is 9.59 Å². The van der Waals surface area contributed by atoms with E-state index in [4.69, 9.17) is 11.6 Å². The quantitative estimate of drug-likeness (QED) is 0.784. The number of carbonyl (C=O) groups is 1. The van der Waals surface area contributed by atoms with Crippen LogP contribution in [0.3, 0.4) is 0 Å². The molecule has 6 nitrogen and oxygen atoms in total. The fourth-order valence-corrected chi connectivity index (χ4v) is 3.47. The van der Waals surface area contributed by atoms with E-state index in [1.807, 2.05) is 0 Å². The van der Waals surface area contributed by atoms with Crippen molar-refractivity contribution in [1.29, 1.82) is 0 Å². The van der Waals surface area contributed by atoms with Crippen molar-refractivity contribution in [2.45, 2.75) is 32.2 Å². The summed E-state index contributed by atoms with van der Waals surface area (Å²) in [5, 5.41) is 7.70. The summed E-state index contributed by atoms with van der Waals surface area (Å²) in [5.41, 5.74) is 2.96.